The molecule has 5 rings (SSSR count). The fourth-order valence-electron chi connectivity index (χ4n) is 3.73. The SMILES string of the molecule is O=C(CSc1nnc(-c2ccncc2)n1C1CC1)N1CCCc2ccccc21. The summed E-state index contributed by atoms with van der Waals surface area (Å²) >= 11 is 1.49. The molecule has 0 unspecified atom stereocenters. The van der Waals surface area contributed by atoms with Crippen LogP contribution >= 0.6 is 11.8 Å². The van der Waals surface area contributed by atoms with Crippen LogP contribution in [0.1, 0.15) is 30.9 Å². The van der Waals surface area contributed by atoms with Crippen molar-refractivity contribution in [2.75, 3.05) is 17.2 Å². The van der Waals surface area contributed by atoms with Crippen LogP contribution in [0.2, 0.25) is 0 Å². The number of fused-ring (bicyclic) bond motifs is 1. The molecule has 1 aliphatic heterocycles. The quantitative estimate of drug-likeness (QED) is 0.620. The minimum Gasteiger partial charge on any atom is -0.311 e. The average Bonchev–Trinajstić information content (AvgIpc) is 3.51. The number of pyridine rings is 1. The van der Waals surface area contributed by atoms with Crippen molar-refractivity contribution < 1.29 is 4.79 Å². The summed E-state index contributed by atoms with van der Waals surface area (Å²) in [6.45, 7) is 0.786. The van der Waals surface area contributed by atoms with Crippen LogP contribution in [0.25, 0.3) is 11.4 Å². The fourth-order valence-corrected chi connectivity index (χ4v) is 4.61. The number of para-hydroxylation sites is 1. The van der Waals surface area contributed by atoms with Crippen LogP contribution in [-0.2, 0) is 11.2 Å². The topological polar surface area (TPSA) is 63.9 Å². The van der Waals surface area contributed by atoms with Crippen molar-refractivity contribution in [2.24, 2.45) is 0 Å². The first-order valence-corrected chi connectivity index (χ1v) is 10.7. The molecule has 142 valence electrons. The van der Waals surface area contributed by atoms with E-state index >= 15 is 0 Å². The highest BCUT2D eigenvalue weighted by Gasteiger charge is 2.31. The molecule has 0 radical (unpaired) electrons. The lowest BCUT2D eigenvalue weighted by atomic mass is 10.0. The number of carbonyl (C=O) groups excluding carboxylic acids is 1. The van der Waals surface area contributed by atoms with Gasteiger partial charge in [0.15, 0.2) is 11.0 Å². The van der Waals surface area contributed by atoms with Crippen molar-refractivity contribution in [3.63, 3.8) is 0 Å². The molecule has 3 aromatic rings. The normalized spacial score (nSPS) is 16.1. The molecular formula is C21H21N5OS. The zero-order chi connectivity index (χ0) is 18.9. The van der Waals surface area contributed by atoms with E-state index in [4.69, 9.17) is 0 Å². The summed E-state index contributed by atoms with van der Waals surface area (Å²) in [5.74, 6) is 1.37. The molecule has 7 heteroatoms. The number of aryl methyl sites for hydroxylation is 1. The number of carbonyl (C=O) groups is 1. The van der Waals surface area contributed by atoms with E-state index in [-0.39, 0.29) is 5.91 Å². The van der Waals surface area contributed by atoms with Gasteiger partial charge in [0.1, 0.15) is 0 Å². The Bertz CT molecular complexity index is 999. The Morgan fingerprint density at radius 3 is 2.75 bits per heavy atom. The molecule has 0 bridgehead atoms. The molecule has 1 aromatic carbocycles. The highest BCUT2D eigenvalue weighted by molar-refractivity contribution is 7.99. The molecule has 3 heterocycles. The van der Waals surface area contributed by atoms with Crippen LogP contribution < -0.4 is 4.90 Å². The van der Waals surface area contributed by atoms with Crippen LogP contribution in [0.3, 0.4) is 0 Å². The van der Waals surface area contributed by atoms with E-state index in [0.717, 1.165) is 54.5 Å². The second-order valence-corrected chi connectivity index (χ2v) is 8.15. The Labute approximate surface area is 168 Å². The van der Waals surface area contributed by atoms with Gasteiger partial charge in [-0.15, -0.1) is 10.2 Å². The third kappa shape index (κ3) is 3.30. The van der Waals surface area contributed by atoms with Crippen molar-refractivity contribution in [3.05, 3.63) is 54.4 Å². The Morgan fingerprint density at radius 2 is 1.93 bits per heavy atom. The number of hydrogen-bond donors (Lipinski definition) is 0. The highest BCUT2D eigenvalue weighted by atomic mass is 32.2. The predicted molar refractivity (Wildman–Crippen MR) is 109 cm³/mol. The molecular weight excluding hydrogens is 370 g/mol. The number of rotatable bonds is 5. The lowest BCUT2D eigenvalue weighted by Gasteiger charge is -2.29. The molecule has 0 N–H and O–H groups in total. The standard InChI is InChI=1S/C21H21N5OS/c27-19(25-13-3-5-15-4-1-2-6-18(15)25)14-28-21-24-23-20(26(21)17-7-8-17)16-9-11-22-12-10-16/h1-2,4,6,9-12,17H,3,5,7-8,13-14H2. The molecule has 6 nitrogen and oxygen atoms in total. The number of nitrogens with zero attached hydrogens (tertiary/aromatic N) is 5. The molecule has 0 saturated heterocycles. The highest BCUT2D eigenvalue weighted by Crippen LogP contribution is 2.41. The zero-order valence-corrected chi connectivity index (χ0v) is 16.3. The van der Waals surface area contributed by atoms with Crippen LogP contribution in [0.15, 0.2) is 53.9 Å². The average molecular weight is 392 g/mol. The predicted octanol–water partition coefficient (Wildman–Crippen LogP) is 3.75. The smallest absolute Gasteiger partial charge is 0.237 e. The van der Waals surface area contributed by atoms with E-state index in [2.05, 4.69) is 25.8 Å². The van der Waals surface area contributed by atoms with Gasteiger partial charge < -0.3 is 4.90 Å². The molecule has 28 heavy (non-hydrogen) atoms. The molecule has 2 aromatic heterocycles. The number of amides is 1. The van der Waals surface area contributed by atoms with Gasteiger partial charge in [0.25, 0.3) is 0 Å². The molecule has 1 fully saturated rings. The van der Waals surface area contributed by atoms with Crippen LogP contribution in [0.5, 0.6) is 0 Å². The van der Waals surface area contributed by atoms with Gasteiger partial charge in [-0.25, -0.2) is 0 Å². The number of anilines is 1. The van der Waals surface area contributed by atoms with Crippen molar-refractivity contribution in [1.29, 1.82) is 0 Å². The summed E-state index contributed by atoms with van der Waals surface area (Å²) < 4.78 is 2.19. The van der Waals surface area contributed by atoms with Gasteiger partial charge in [0, 0.05) is 36.2 Å². The molecule has 1 amide bonds. The molecule has 0 atom stereocenters. The van der Waals surface area contributed by atoms with E-state index < -0.39 is 0 Å². The lowest BCUT2D eigenvalue weighted by molar-refractivity contribution is -0.116. The Hall–Kier alpha value is -2.67. The van der Waals surface area contributed by atoms with Crippen molar-refractivity contribution in [2.45, 2.75) is 36.9 Å². The summed E-state index contributed by atoms with van der Waals surface area (Å²) in [4.78, 5) is 19.0. The Morgan fingerprint density at radius 1 is 1.11 bits per heavy atom. The maximum Gasteiger partial charge on any atom is 0.237 e. The van der Waals surface area contributed by atoms with Gasteiger partial charge in [-0.05, 0) is 49.4 Å². The van der Waals surface area contributed by atoms with Gasteiger partial charge in [-0.1, -0.05) is 30.0 Å². The molecule has 2 aliphatic rings. The number of hydrogen-bond acceptors (Lipinski definition) is 5. The summed E-state index contributed by atoms with van der Waals surface area (Å²) in [5, 5.41) is 9.64. The van der Waals surface area contributed by atoms with Gasteiger partial charge >= 0.3 is 0 Å². The zero-order valence-electron chi connectivity index (χ0n) is 15.5. The molecule has 0 spiro atoms. The maximum atomic E-state index is 12.9. The molecule has 1 aliphatic carbocycles. The third-order valence-corrected chi connectivity index (χ3v) is 6.18. The van der Waals surface area contributed by atoms with E-state index in [9.17, 15) is 4.79 Å². The van der Waals surface area contributed by atoms with Gasteiger partial charge in [0.2, 0.25) is 5.91 Å². The largest absolute Gasteiger partial charge is 0.311 e. The monoisotopic (exact) mass is 391 g/mol. The van der Waals surface area contributed by atoms with Gasteiger partial charge in [-0.3, -0.25) is 14.3 Å². The number of benzene rings is 1. The van der Waals surface area contributed by atoms with Crippen LogP contribution in [0, 0.1) is 0 Å². The Kier molecular flexibility index (Phi) is 4.60. The van der Waals surface area contributed by atoms with Crippen molar-refractivity contribution in [3.8, 4) is 11.4 Å². The van der Waals surface area contributed by atoms with Gasteiger partial charge in [0.05, 0.1) is 5.75 Å². The summed E-state index contributed by atoms with van der Waals surface area (Å²) in [6.07, 6.45) is 7.86. The Balaban J connectivity index is 1.35. The number of thioether (sulfide) groups is 1. The second-order valence-electron chi connectivity index (χ2n) is 7.21. The van der Waals surface area contributed by atoms with Crippen molar-refractivity contribution in [1.82, 2.24) is 19.7 Å². The van der Waals surface area contributed by atoms with E-state index in [1.807, 2.05) is 35.2 Å². The van der Waals surface area contributed by atoms with Gasteiger partial charge in [-0.2, -0.15) is 0 Å². The minimum absolute atomic E-state index is 0.132. The van der Waals surface area contributed by atoms with Crippen LogP contribution in [-0.4, -0.2) is 38.0 Å². The van der Waals surface area contributed by atoms with Crippen molar-refractivity contribution >= 4 is 23.4 Å². The second kappa shape index (κ2) is 7.39. The lowest BCUT2D eigenvalue weighted by Crippen LogP contribution is -2.36. The summed E-state index contributed by atoms with van der Waals surface area (Å²) in [6, 6.07) is 12.5. The summed E-state index contributed by atoms with van der Waals surface area (Å²) in [5.41, 5.74) is 3.33. The minimum atomic E-state index is 0.132. The van der Waals surface area contributed by atoms with E-state index in [1.165, 1.54) is 17.3 Å². The summed E-state index contributed by atoms with van der Waals surface area (Å²) in [7, 11) is 0. The first kappa shape index (κ1) is 17.4. The first-order valence-electron chi connectivity index (χ1n) is 9.67. The third-order valence-electron chi connectivity index (χ3n) is 5.25. The van der Waals surface area contributed by atoms with Crippen LogP contribution in [0.4, 0.5) is 5.69 Å². The number of aromatic nitrogens is 4. The van der Waals surface area contributed by atoms with E-state index in [1.54, 1.807) is 12.4 Å². The fraction of sp³-hybridized carbons (Fsp3) is 0.333. The first-order chi connectivity index (χ1) is 13.8. The van der Waals surface area contributed by atoms with E-state index in [0.29, 0.717) is 11.8 Å². The maximum absolute atomic E-state index is 12.9. The molecule has 1 saturated carbocycles.